The van der Waals surface area contributed by atoms with Crippen LogP contribution in [0.3, 0.4) is 0 Å². The predicted molar refractivity (Wildman–Crippen MR) is 192 cm³/mol. The molecule has 0 aliphatic heterocycles. The lowest BCUT2D eigenvalue weighted by atomic mass is 9.33. The van der Waals surface area contributed by atoms with Crippen LogP contribution in [0.4, 0.5) is 23.7 Å². The summed E-state index contributed by atoms with van der Waals surface area (Å²) in [5.41, 5.74) is 1.58. The molecule has 10 heteroatoms. The first kappa shape index (κ1) is 37.5. The van der Waals surface area contributed by atoms with Gasteiger partial charge in [-0.3, -0.25) is 9.59 Å². The first-order valence-electron chi connectivity index (χ1n) is 18.8. The zero-order valence-corrected chi connectivity index (χ0v) is 31.3. The van der Waals surface area contributed by atoms with E-state index >= 15 is 0 Å². The molecule has 4 fully saturated rings. The highest BCUT2D eigenvalue weighted by molar-refractivity contribution is 6.00. The van der Waals surface area contributed by atoms with Crippen LogP contribution in [0.5, 0.6) is 5.75 Å². The maximum absolute atomic E-state index is 14.4. The summed E-state index contributed by atoms with van der Waals surface area (Å²) < 4.78 is 41.2. The molecule has 0 spiro atoms. The van der Waals surface area contributed by atoms with Crippen molar-refractivity contribution in [3.05, 3.63) is 48.1 Å². The van der Waals surface area contributed by atoms with Gasteiger partial charge in [0.05, 0.1) is 5.41 Å². The number of Topliss-reactive ketones (excluding diaryl/α,β-unsaturated/α-hetero) is 1. The minimum Gasteiger partial charge on any atom is -0.406 e. The van der Waals surface area contributed by atoms with Crippen molar-refractivity contribution >= 4 is 23.4 Å². The van der Waals surface area contributed by atoms with Crippen molar-refractivity contribution in [2.45, 2.75) is 106 Å². The van der Waals surface area contributed by atoms with Gasteiger partial charge < -0.3 is 20.7 Å². The van der Waals surface area contributed by atoms with Gasteiger partial charge in [0.15, 0.2) is 5.78 Å². The molecule has 6 rings (SSSR count). The molecule has 0 saturated heterocycles. The van der Waals surface area contributed by atoms with Gasteiger partial charge in [0.25, 0.3) is 0 Å². The number of nitrogens with one attached hydrogen (secondary N) is 3. The molecule has 0 aromatic heterocycles. The molecular weight excluding hydrogens is 655 g/mol. The number of carbonyl (C=O) groups excluding carboxylic acids is 3. The molecule has 5 aliphatic carbocycles. The number of rotatable bonds is 6. The SMILES string of the molecule is C=C1C[C@]2(C)[C@H]3CC=C4[C@@H]5[C@@H](C)[C@H](C)CC[C@]5(C(=O)NCCNC(=O)Nc5ccc(OC(F)(F)F)cc5)CC[C@@]4(C)[C@]3(C)CC[C@H]2C(C)(C)C1=O. The summed E-state index contributed by atoms with van der Waals surface area (Å²) in [5.74, 6) is 1.61. The summed E-state index contributed by atoms with van der Waals surface area (Å²) in [4.78, 5) is 40.3. The van der Waals surface area contributed by atoms with Gasteiger partial charge in [-0.05, 0) is 127 Å². The molecule has 0 unspecified atom stereocenters. The van der Waals surface area contributed by atoms with E-state index in [9.17, 15) is 27.6 Å². The lowest BCUT2D eigenvalue weighted by Gasteiger charge is -2.71. The second kappa shape index (κ2) is 12.7. The normalized spacial score (nSPS) is 38.5. The lowest BCUT2D eigenvalue weighted by Crippen LogP contribution is -2.65. The number of benzene rings is 1. The van der Waals surface area contributed by atoms with E-state index in [-0.39, 0.29) is 52.7 Å². The fraction of sp³-hybridized carbons (Fsp3) is 0.683. The molecule has 0 radical (unpaired) electrons. The Bertz CT molecular complexity index is 1620. The molecule has 0 bridgehead atoms. The average Bonchev–Trinajstić information content (AvgIpc) is 3.04. The summed E-state index contributed by atoms with van der Waals surface area (Å²) >= 11 is 0. The highest BCUT2D eigenvalue weighted by atomic mass is 19.4. The minimum absolute atomic E-state index is 0.0197. The highest BCUT2D eigenvalue weighted by Crippen LogP contribution is 2.75. The van der Waals surface area contributed by atoms with Gasteiger partial charge in [0.1, 0.15) is 5.75 Å². The molecule has 0 heterocycles. The Labute approximate surface area is 301 Å². The van der Waals surface area contributed by atoms with Crippen LogP contribution in [0, 0.1) is 56.7 Å². The second-order valence-electron chi connectivity index (χ2n) is 17.8. The van der Waals surface area contributed by atoms with E-state index in [2.05, 4.69) is 81.8 Å². The Hall–Kier alpha value is -3.30. The molecule has 7 nitrogen and oxygen atoms in total. The first-order valence-corrected chi connectivity index (χ1v) is 18.8. The number of fused-ring (bicyclic) bond motifs is 7. The molecule has 5 aliphatic rings. The van der Waals surface area contributed by atoms with E-state index in [4.69, 9.17) is 0 Å². The molecule has 1 aromatic rings. The number of hydrogen-bond acceptors (Lipinski definition) is 4. The van der Waals surface area contributed by atoms with Crippen LogP contribution in [0.1, 0.15) is 99.8 Å². The Balaban J connectivity index is 1.16. The topological polar surface area (TPSA) is 96.5 Å². The number of amides is 3. The standard InChI is InChI=1S/C41H56F3N3O4/c1-24-15-18-40(34(49)45-21-22-46-35(50)47-27-9-11-28(12-10-27)51-41(42,43)44)20-19-38(7)29(32(40)26(24)3)13-14-31-37(6)23-25(2)33(48)36(4,5)30(37)16-17-39(31,38)8/h9-13,24,26,30-32H,2,14-23H2,1,3-8H3,(H,45,49)(H2,46,47,50)/t24-,26+,30+,31-,32+,37+,38-,39-,40+/m1/s1. The monoisotopic (exact) mass is 711 g/mol. The largest absolute Gasteiger partial charge is 0.573 e. The van der Waals surface area contributed by atoms with Crippen LogP contribution in [0.25, 0.3) is 0 Å². The van der Waals surface area contributed by atoms with Crippen molar-refractivity contribution in [2.75, 3.05) is 18.4 Å². The third-order valence-electron chi connectivity index (χ3n) is 15.1. The smallest absolute Gasteiger partial charge is 0.406 e. The molecule has 51 heavy (non-hydrogen) atoms. The van der Waals surface area contributed by atoms with Crippen molar-refractivity contribution in [1.29, 1.82) is 0 Å². The van der Waals surface area contributed by atoms with E-state index in [1.807, 2.05) is 0 Å². The van der Waals surface area contributed by atoms with Crippen molar-refractivity contribution in [3.63, 3.8) is 0 Å². The maximum atomic E-state index is 14.4. The van der Waals surface area contributed by atoms with Gasteiger partial charge >= 0.3 is 12.4 Å². The number of hydrogen-bond donors (Lipinski definition) is 3. The number of alkyl halides is 3. The maximum Gasteiger partial charge on any atom is 0.573 e. The van der Waals surface area contributed by atoms with Crippen LogP contribution < -0.4 is 20.7 Å². The number of carbonyl (C=O) groups is 3. The fourth-order valence-corrected chi connectivity index (χ4v) is 12.3. The van der Waals surface area contributed by atoms with Crippen molar-refractivity contribution in [3.8, 4) is 5.75 Å². The van der Waals surface area contributed by atoms with Crippen LogP contribution in [0.2, 0.25) is 0 Å². The quantitative estimate of drug-likeness (QED) is 0.156. The molecule has 4 saturated carbocycles. The Morgan fingerprint density at radius 1 is 0.922 bits per heavy atom. The summed E-state index contributed by atoms with van der Waals surface area (Å²) in [7, 11) is 0. The van der Waals surface area contributed by atoms with Crippen LogP contribution >= 0.6 is 0 Å². The van der Waals surface area contributed by atoms with Crippen molar-refractivity contribution < 1.29 is 32.3 Å². The number of urea groups is 1. The summed E-state index contributed by atoms with van der Waals surface area (Å²) in [6.07, 6.45) is 5.14. The summed E-state index contributed by atoms with van der Waals surface area (Å²) in [6, 6.07) is 4.39. The van der Waals surface area contributed by atoms with E-state index in [1.54, 1.807) is 0 Å². The van der Waals surface area contributed by atoms with Gasteiger partial charge in [-0.2, -0.15) is 0 Å². The number of allylic oxidation sites excluding steroid dienone is 3. The van der Waals surface area contributed by atoms with E-state index in [0.717, 1.165) is 69.1 Å². The molecule has 9 atom stereocenters. The second-order valence-corrected chi connectivity index (χ2v) is 17.8. The van der Waals surface area contributed by atoms with E-state index < -0.39 is 23.2 Å². The Morgan fingerprint density at radius 2 is 1.59 bits per heavy atom. The van der Waals surface area contributed by atoms with Crippen LogP contribution in [0.15, 0.2) is 48.1 Å². The molecule has 3 N–H and O–H groups in total. The molecule has 1 aromatic carbocycles. The number of halogens is 3. The average molecular weight is 712 g/mol. The van der Waals surface area contributed by atoms with Crippen LogP contribution in [-0.4, -0.2) is 37.2 Å². The van der Waals surface area contributed by atoms with E-state index in [0.29, 0.717) is 29.4 Å². The third kappa shape index (κ3) is 6.00. The predicted octanol–water partition coefficient (Wildman–Crippen LogP) is 9.22. The first-order chi connectivity index (χ1) is 23.7. The van der Waals surface area contributed by atoms with Crippen molar-refractivity contribution in [1.82, 2.24) is 10.6 Å². The Morgan fingerprint density at radius 3 is 2.25 bits per heavy atom. The lowest BCUT2D eigenvalue weighted by molar-refractivity contribution is -0.274. The van der Waals surface area contributed by atoms with Gasteiger partial charge in [0.2, 0.25) is 5.91 Å². The van der Waals surface area contributed by atoms with Gasteiger partial charge in [-0.1, -0.05) is 66.7 Å². The van der Waals surface area contributed by atoms with Gasteiger partial charge in [-0.15, -0.1) is 13.2 Å². The summed E-state index contributed by atoms with van der Waals surface area (Å²) in [6.45, 7) is 21.1. The third-order valence-corrected chi connectivity index (χ3v) is 15.1. The van der Waals surface area contributed by atoms with Crippen LogP contribution in [-0.2, 0) is 9.59 Å². The fourth-order valence-electron chi connectivity index (χ4n) is 12.3. The molecular formula is C41H56F3N3O4. The number of anilines is 1. The van der Waals surface area contributed by atoms with Gasteiger partial charge in [-0.25, -0.2) is 4.79 Å². The van der Waals surface area contributed by atoms with E-state index in [1.165, 1.54) is 17.7 Å². The zero-order chi connectivity index (χ0) is 37.4. The Kier molecular flexibility index (Phi) is 9.31. The number of ether oxygens (including phenoxy) is 1. The molecule has 280 valence electrons. The minimum atomic E-state index is -4.79. The number of ketones is 1. The summed E-state index contributed by atoms with van der Waals surface area (Å²) in [5, 5.41) is 8.53. The zero-order valence-electron chi connectivity index (χ0n) is 31.3. The van der Waals surface area contributed by atoms with Crippen molar-refractivity contribution in [2.24, 2.45) is 56.7 Å². The highest BCUT2D eigenvalue weighted by Gasteiger charge is 2.69. The molecule has 3 amide bonds. The van der Waals surface area contributed by atoms with Gasteiger partial charge in [0, 0.05) is 24.2 Å².